The van der Waals surface area contributed by atoms with E-state index >= 15 is 0 Å². The number of nitrogens with two attached hydrogens (primary N) is 1. The van der Waals surface area contributed by atoms with Gasteiger partial charge in [-0.2, -0.15) is 0 Å². The number of urea groups is 1. The van der Waals surface area contributed by atoms with Gasteiger partial charge in [0.1, 0.15) is 18.7 Å². The summed E-state index contributed by atoms with van der Waals surface area (Å²) in [6, 6.07) is 6.25. The highest BCUT2D eigenvalue weighted by atomic mass is 16.5. The highest BCUT2D eigenvalue weighted by molar-refractivity contribution is 6.16. The Kier molecular flexibility index (Phi) is 7.17. The molecule has 0 spiro atoms. The maximum atomic E-state index is 13.7. The molecule has 2 fully saturated rings. The number of aromatic nitrogens is 2. The number of primary amides is 1. The number of aromatic amines is 1. The number of imidazole rings is 1. The minimum Gasteiger partial charge on any atom is -0.445 e. The van der Waals surface area contributed by atoms with E-state index in [0.29, 0.717) is 12.1 Å². The molecule has 1 aromatic heterocycles. The molecule has 1 aromatic carbocycles. The number of nitrogens with one attached hydrogen (secondary N) is 4. The summed E-state index contributed by atoms with van der Waals surface area (Å²) in [6.45, 7) is 0.0254. The number of benzene rings is 1. The van der Waals surface area contributed by atoms with Crippen LogP contribution in [0.3, 0.4) is 0 Å². The average molecular weight is 498 g/mol. The number of H-pyrrole nitrogens is 1. The molecule has 13 heteroatoms. The predicted octanol–water partition coefficient (Wildman–Crippen LogP) is -0.656. The number of nitrogens with zero attached hydrogens (tertiary/aromatic N) is 2. The third-order valence-corrected chi connectivity index (χ3v) is 6.33. The van der Waals surface area contributed by atoms with Gasteiger partial charge in [0.25, 0.3) is 5.91 Å². The Morgan fingerprint density at radius 1 is 1.25 bits per heavy atom. The summed E-state index contributed by atoms with van der Waals surface area (Å²) in [4.78, 5) is 72.0. The van der Waals surface area contributed by atoms with Gasteiger partial charge in [-0.15, -0.1) is 0 Å². The predicted molar refractivity (Wildman–Crippen MR) is 124 cm³/mol. The number of likely N-dealkylation sites (tertiary alicyclic amines) is 1. The monoisotopic (exact) mass is 497 g/mol. The first-order valence-corrected chi connectivity index (χ1v) is 11.5. The SMILES string of the molecule is NC(=O)[C@]1(C(=O)C2CNC(=O)N2)CCCN1C(=O)[C@H](Cc1cnc[nH]1)NC(=O)OCc1ccccc1. The number of hydrogen-bond donors (Lipinski definition) is 5. The number of carbonyl (C=O) groups is 5. The maximum Gasteiger partial charge on any atom is 0.408 e. The summed E-state index contributed by atoms with van der Waals surface area (Å²) in [5.41, 5.74) is 5.04. The van der Waals surface area contributed by atoms with E-state index in [4.69, 9.17) is 10.5 Å². The van der Waals surface area contributed by atoms with Crippen molar-refractivity contribution in [3.8, 4) is 0 Å². The van der Waals surface area contributed by atoms with E-state index in [1.165, 1.54) is 12.5 Å². The molecule has 5 amide bonds. The fourth-order valence-electron chi connectivity index (χ4n) is 4.56. The van der Waals surface area contributed by atoms with Crippen LogP contribution in [0.2, 0.25) is 0 Å². The molecule has 1 unspecified atom stereocenters. The van der Waals surface area contributed by atoms with E-state index in [-0.39, 0.29) is 32.5 Å². The van der Waals surface area contributed by atoms with E-state index in [0.717, 1.165) is 10.5 Å². The molecule has 2 aliphatic rings. The molecular weight excluding hydrogens is 470 g/mol. The lowest BCUT2D eigenvalue weighted by atomic mass is 9.85. The van der Waals surface area contributed by atoms with E-state index in [1.54, 1.807) is 24.3 Å². The molecular formula is C23H27N7O6. The normalized spacial score (nSPS) is 21.8. The van der Waals surface area contributed by atoms with Gasteiger partial charge in [-0.25, -0.2) is 14.6 Å². The molecule has 3 atom stereocenters. The summed E-state index contributed by atoms with van der Waals surface area (Å²) in [5.74, 6) is -2.35. The van der Waals surface area contributed by atoms with E-state index < -0.39 is 47.3 Å². The molecule has 2 aliphatic heterocycles. The van der Waals surface area contributed by atoms with E-state index in [1.807, 2.05) is 6.07 Å². The average Bonchev–Trinajstić information content (AvgIpc) is 3.63. The van der Waals surface area contributed by atoms with Crippen LogP contribution >= 0.6 is 0 Å². The molecule has 4 rings (SSSR count). The summed E-state index contributed by atoms with van der Waals surface area (Å²) >= 11 is 0. The number of rotatable bonds is 9. The zero-order chi connectivity index (χ0) is 25.7. The molecule has 0 bridgehead atoms. The van der Waals surface area contributed by atoms with Crippen LogP contribution in [-0.2, 0) is 32.1 Å². The van der Waals surface area contributed by atoms with Crippen LogP contribution in [0.4, 0.5) is 9.59 Å². The summed E-state index contributed by atoms with van der Waals surface area (Å²) in [7, 11) is 0. The maximum absolute atomic E-state index is 13.7. The van der Waals surface area contributed by atoms with Crippen LogP contribution in [-0.4, -0.2) is 75.3 Å². The standard InChI is InChI=1S/C23H27N7O6/c24-20(33)23(18(31)17-11-26-21(34)28-17)7-4-8-30(23)19(32)16(9-15-10-25-13-27-15)29-22(35)36-12-14-5-2-1-3-6-14/h1-3,5-6,10,13,16-17H,4,7-9,11-12H2,(H2,24,33)(H,25,27)(H,29,35)(H2,26,28,34)/t16-,17?,23+/m0/s1. The van der Waals surface area contributed by atoms with E-state index in [2.05, 4.69) is 25.9 Å². The molecule has 36 heavy (non-hydrogen) atoms. The van der Waals surface area contributed by atoms with Crippen LogP contribution in [0.5, 0.6) is 0 Å². The van der Waals surface area contributed by atoms with Crippen LogP contribution < -0.4 is 21.7 Å². The zero-order valence-corrected chi connectivity index (χ0v) is 19.4. The van der Waals surface area contributed by atoms with Gasteiger partial charge >= 0.3 is 12.1 Å². The van der Waals surface area contributed by atoms with Gasteiger partial charge in [-0.1, -0.05) is 30.3 Å². The number of hydrogen-bond acceptors (Lipinski definition) is 7. The number of ketones is 1. The molecule has 0 saturated carbocycles. The molecule has 3 heterocycles. The summed E-state index contributed by atoms with van der Waals surface area (Å²) < 4.78 is 5.27. The van der Waals surface area contributed by atoms with Gasteiger partial charge in [0.2, 0.25) is 5.91 Å². The smallest absolute Gasteiger partial charge is 0.408 e. The van der Waals surface area contributed by atoms with Crippen molar-refractivity contribution in [2.45, 2.75) is 43.5 Å². The fourth-order valence-corrected chi connectivity index (χ4v) is 4.56. The Labute approximate surface area is 206 Å². The Bertz CT molecular complexity index is 1140. The molecule has 13 nitrogen and oxygen atoms in total. The lowest BCUT2D eigenvalue weighted by Gasteiger charge is -2.37. The molecule has 0 radical (unpaired) electrons. The van der Waals surface area contributed by atoms with Gasteiger partial charge < -0.3 is 36.3 Å². The summed E-state index contributed by atoms with van der Waals surface area (Å²) in [5, 5.41) is 7.47. The van der Waals surface area contributed by atoms with Crippen LogP contribution in [0.15, 0.2) is 42.9 Å². The number of amides is 5. The van der Waals surface area contributed by atoms with Crippen molar-refractivity contribution in [3.63, 3.8) is 0 Å². The minimum atomic E-state index is -1.96. The first-order chi connectivity index (χ1) is 17.3. The third kappa shape index (κ3) is 4.99. The zero-order valence-electron chi connectivity index (χ0n) is 19.4. The van der Waals surface area contributed by atoms with Crippen LogP contribution in [0, 0.1) is 0 Å². The molecule has 2 saturated heterocycles. The number of carbonyl (C=O) groups excluding carboxylic acids is 5. The van der Waals surface area contributed by atoms with Gasteiger partial charge in [-0.05, 0) is 18.4 Å². The van der Waals surface area contributed by atoms with Crippen LogP contribution in [0.25, 0.3) is 0 Å². The molecule has 2 aromatic rings. The van der Waals surface area contributed by atoms with E-state index in [9.17, 15) is 24.0 Å². The van der Waals surface area contributed by atoms with Crippen molar-refractivity contribution in [3.05, 3.63) is 54.1 Å². The van der Waals surface area contributed by atoms with Gasteiger partial charge in [-0.3, -0.25) is 14.4 Å². The Morgan fingerprint density at radius 2 is 2.03 bits per heavy atom. The highest BCUT2D eigenvalue weighted by Gasteiger charge is 2.57. The second kappa shape index (κ2) is 10.5. The van der Waals surface area contributed by atoms with Crippen molar-refractivity contribution in [1.29, 1.82) is 0 Å². The largest absolute Gasteiger partial charge is 0.445 e. The van der Waals surface area contributed by atoms with Gasteiger partial charge in [0, 0.05) is 31.4 Å². The lowest BCUT2D eigenvalue weighted by molar-refractivity contribution is -0.152. The summed E-state index contributed by atoms with van der Waals surface area (Å²) in [6.07, 6.45) is 2.42. The Hall–Kier alpha value is -4.42. The number of ether oxygens (including phenoxy) is 1. The number of alkyl carbamates (subject to hydrolysis) is 1. The van der Waals surface area contributed by atoms with Gasteiger partial charge in [0.15, 0.2) is 11.3 Å². The Balaban J connectivity index is 1.55. The van der Waals surface area contributed by atoms with Crippen molar-refractivity contribution < 1.29 is 28.7 Å². The van der Waals surface area contributed by atoms with Crippen molar-refractivity contribution in [1.82, 2.24) is 30.8 Å². The second-order valence-electron chi connectivity index (χ2n) is 8.63. The van der Waals surface area contributed by atoms with Crippen LogP contribution in [0.1, 0.15) is 24.1 Å². The minimum absolute atomic E-state index is 0.000519. The number of Topliss-reactive ketones (excluding diaryl/α,β-unsaturated/α-hetero) is 1. The van der Waals surface area contributed by atoms with Crippen molar-refractivity contribution in [2.24, 2.45) is 5.73 Å². The molecule has 6 N–H and O–H groups in total. The van der Waals surface area contributed by atoms with Crippen molar-refractivity contribution in [2.75, 3.05) is 13.1 Å². The fraction of sp³-hybridized carbons (Fsp3) is 0.391. The highest BCUT2D eigenvalue weighted by Crippen LogP contribution is 2.32. The first kappa shape index (κ1) is 24.7. The lowest BCUT2D eigenvalue weighted by Crippen LogP contribution is -2.67. The van der Waals surface area contributed by atoms with Crippen molar-refractivity contribution >= 4 is 29.7 Å². The quantitative estimate of drug-likeness (QED) is 0.284. The molecule has 0 aliphatic carbocycles. The Morgan fingerprint density at radius 3 is 2.67 bits per heavy atom. The first-order valence-electron chi connectivity index (χ1n) is 11.5. The van der Waals surface area contributed by atoms with Gasteiger partial charge in [0.05, 0.1) is 6.33 Å². The topological polar surface area (TPSA) is 189 Å². The second-order valence-corrected chi connectivity index (χ2v) is 8.63. The molecule has 190 valence electrons. The third-order valence-electron chi connectivity index (χ3n) is 6.33.